The van der Waals surface area contributed by atoms with Gasteiger partial charge in [0.05, 0.1) is 16.9 Å². The third kappa shape index (κ3) is 4.61. The van der Waals surface area contributed by atoms with Gasteiger partial charge in [-0.3, -0.25) is 0 Å². The molecule has 50 heavy (non-hydrogen) atoms. The van der Waals surface area contributed by atoms with Gasteiger partial charge in [-0.2, -0.15) is 0 Å². The second-order valence-electron chi connectivity index (χ2n) is 12.6. The molecular formula is C46H29N3O. The number of benzene rings is 8. The fraction of sp³-hybridized carbons (Fsp3) is 0. The zero-order chi connectivity index (χ0) is 33.0. The van der Waals surface area contributed by atoms with Gasteiger partial charge in [-0.15, -0.1) is 0 Å². The first-order valence-corrected chi connectivity index (χ1v) is 16.8. The zero-order valence-corrected chi connectivity index (χ0v) is 27.0. The van der Waals surface area contributed by atoms with Crippen molar-refractivity contribution in [2.24, 2.45) is 0 Å². The van der Waals surface area contributed by atoms with Crippen molar-refractivity contribution in [3.05, 3.63) is 176 Å². The van der Waals surface area contributed by atoms with E-state index in [1.165, 1.54) is 10.8 Å². The maximum Gasteiger partial charge on any atom is 0.161 e. The van der Waals surface area contributed by atoms with Crippen molar-refractivity contribution in [3.63, 3.8) is 0 Å². The van der Waals surface area contributed by atoms with Crippen LogP contribution in [-0.2, 0) is 0 Å². The molecule has 0 aliphatic heterocycles. The average molecular weight is 640 g/mol. The molecule has 0 saturated carbocycles. The Morgan fingerprint density at radius 1 is 0.460 bits per heavy atom. The summed E-state index contributed by atoms with van der Waals surface area (Å²) in [7, 11) is 0. The maximum absolute atomic E-state index is 6.97. The molecule has 2 heterocycles. The van der Waals surface area contributed by atoms with Crippen LogP contribution < -0.4 is 4.90 Å². The summed E-state index contributed by atoms with van der Waals surface area (Å²) in [6.45, 7) is 0. The summed E-state index contributed by atoms with van der Waals surface area (Å²) in [5.41, 5.74) is 8.40. The molecule has 10 aromatic rings. The lowest BCUT2D eigenvalue weighted by molar-refractivity contribution is 0.669. The molecule has 2 aromatic heterocycles. The first kappa shape index (κ1) is 28.3. The zero-order valence-electron chi connectivity index (χ0n) is 27.0. The molecule has 234 valence electrons. The van der Waals surface area contributed by atoms with Crippen molar-refractivity contribution in [2.45, 2.75) is 0 Å². The third-order valence-electron chi connectivity index (χ3n) is 9.60. The summed E-state index contributed by atoms with van der Waals surface area (Å²) < 4.78 is 6.97. The molecule has 0 N–H and O–H groups in total. The number of nitrogens with zero attached hydrogens (tertiary/aromatic N) is 3. The lowest BCUT2D eigenvalue weighted by Gasteiger charge is -2.26. The Morgan fingerprint density at radius 3 is 1.92 bits per heavy atom. The molecule has 0 saturated heterocycles. The smallest absolute Gasteiger partial charge is 0.161 e. The van der Waals surface area contributed by atoms with Gasteiger partial charge in [-0.05, 0) is 76.1 Å². The monoisotopic (exact) mass is 639 g/mol. The Labute approximate surface area is 288 Å². The van der Waals surface area contributed by atoms with Gasteiger partial charge in [0.1, 0.15) is 5.58 Å². The van der Waals surface area contributed by atoms with Gasteiger partial charge in [0.15, 0.2) is 11.4 Å². The molecule has 0 fully saturated rings. The minimum Gasteiger partial charge on any atom is -0.454 e. The van der Waals surface area contributed by atoms with Crippen molar-refractivity contribution in [2.75, 3.05) is 4.90 Å². The van der Waals surface area contributed by atoms with Gasteiger partial charge < -0.3 is 9.32 Å². The van der Waals surface area contributed by atoms with Crippen LogP contribution in [0.4, 0.5) is 17.1 Å². The molecule has 0 radical (unpaired) electrons. The summed E-state index contributed by atoms with van der Waals surface area (Å²) in [4.78, 5) is 12.8. The highest BCUT2D eigenvalue weighted by Gasteiger charge is 2.24. The summed E-state index contributed by atoms with van der Waals surface area (Å²) >= 11 is 0. The van der Waals surface area contributed by atoms with E-state index in [0.29, 0.717) is 5.82 Å². The Morgan fingerprint density at radius 2 is 1.12 bits per heavy atom. The van der Waals surface area contributed by atoms with Gasteiger partial charge in [-0.25, -0.2) is 9.97 Å². The molecule has 0 atom stereocenters. The number of furan rings is 1. The molecule has 4 heteroatoms. The normalized spacial score (nSPS) is 11.6. The molecule has 8 aromatic carbocycles. The van der Waals surface area contributed by atoms with Crippen molar-refractivity contribution in [1.82, 2.24) is 9.97 Å². The van der Waals surface area contributed by atoms with Crippen LogP contribution >= 0.6 is 0 Å². The minimum atomic E-state index is 0.659. The molecular weight excluding hydrogens is 611 g/mol. The fourth-order valence-electron chi connectivity index (χ4n) is 7.25. The Balaban J connectivity index is 1.30. The van der Waals surface area contributed by atoms with Gasteiger partial charge >= 0.3 is 0 Å². The summed E-state index contributed by atoms with van der Waals surface area (Å²) in [5, 5.41) is 7.68. The Hall–Kier alpha value is -6.78. The Bertz CT molecular complexity index is 2880. The maximum atomic E-state index is 6.97. The van der Waals surface area contributed by atoms with E-state index in [4.69, 9.17) is 14.4 Å². The lowest BCUT2D eigenvalue weighted by atomic mass is 10.00. The van der Waals surface area contributed by atoms with Crippen molar-refractivity contribution < 1.29 is 4.42 Å². The van der Waals surface area contributed by atoms with Crippen LogP contribution in [0.15, 0.2) is 180 Å². The van der Waals surface area contributed by atoms with Crippen molar-refractivity contribution in [1.29, 1.82) is 0 Å². The predicted molar refractivity (Wildman–Crippen MR) is 207 cm³/mol. The number of rotatable bonds is 5. The lowest BCUT2D eigenvalue weighted by Crippen LogP contribution is -2.10. The van der Waals surface area contributed by atoms with E-state index < -0.39 is 0 Å². The second kappa shape index (κ2) is 11.4. The topological polar surface area (TPSA) is 42.2 Å². The van der Waals surface area contributed by atoms with E-state index in [1.807, 2.05) is 18.2 Å². The fourth-order valence-corrected chi connectivity index (χ4v) is 7.25. The largest absolute Gasteiger partial charge is 0.454 e. The number of fused-ring (bicyclic) bond motifs is 6. The first-order valence-electron chi connectivity index (χ1n) is 16.8. The molecule has 0 spiro atoms. The number of para-hydroxylation sites is 2. The summed E-state index contributed by atoms with van der Waals surface area (Å²) in [6, 6.07) is 61.3. The molecule has 0 aliphatic rings. The highest BCUT2D eigenvalue weighted by molar-refractivity contribution is 6.19. The van der Waals surface area contributed by atoms with Gasteiger partial charge in [0.2, 0.25) is 0 Å². The van der Waals surface area contributed by atoms with E-state index >= 15 is 0 Å². The SMILES string of the molecule is c1ccc(-c2nc(-c3ccc(N(c4ccccc4)c4ccc5ccccc5c4)c4oc5cc6ccccc6cc5c34)nc3ccccc23)cc1. The quantitative estimate of drug-likeness (QED) is 0.188. The number of aromatic nitrogens is 2. The van der Waals surface area contributed by atoms with Crippen LogP contribution in [0.3, 0.4) is 0 Å². The van der Waals surface area contributed by atoms with Crippen LogP contribution in [0.5, 0.6) is 0 Å². The molecule has 0 amide bonds. The van der Waals surface area contributed by atoms with Crippen LogP contribution in [0.1, 0.15) is 0 Å². The second-order valence-corrected chi connectivity index (χ2v) is 12.6. The number of hydrogen-bond donors (Lipinski definition) is 0. The van der Waals surface area contributed by atoms with Crippen LogP contribution in [0.2, 0.25) is 0 Å². The number of hydrogen-bond acceptors (Lipinski definition) is 4. The van der Waals surface area contributed by atoms with Crippen LogP contribution in [0.25, 0.3) is 77.0 Å². The van der Waals surface area contributed by atoms with E-state index in [-0.39, 0.29) is 0 Å². The van der Waals surface area contributed by atoms with Crippen molar-refractivity contribution in [3.8, 4) is 22.6 Å². The average Bonchev–Trinajstić information content (AvgIpc) is 3.56. The Kier molecular flexibility index (Phi) is 6.46. The standard InChI is InChI=1S/C46H29N3O/c1-3-14-31(15-4-1)44-37-21-11-12-22-40(37)47-46(48-44)38-25-26-41(45-43(38)39-28-33-17-9-10-18-34(33)29-42(39)50-45)49(35-19-5-2-6-20-35)36-24-23-30-13-7-8-16-32(30)27-36/h1-29H. The first-order chi connectivity index (χ1) is 24.8. The van der Waals surface area contributed by atoms with E-state index in [9.17, 15) is 0 Å². The van der Waals surface area contributed by atoms with Gasteiger partial charge in [0, 0.05) is 38.7 Å². The minimum absolute atomic E-state index is 0.659. The highest BCUT2D eigenvalue weighted by Crippen LogP contribution is 2.46. The molecule has 10 rings (SSSR count). The van der Waals surface area contributed by atoms with Crippen LogP contribution in [-0.4, -0.2) is 9.97 Å². The van der Waals surface area contributed by atoms with Crippen LogP contribution in [0, 0.1) is 0 Å². The van der Waals surface area contributed by atoms with Crippen molar-refractivity contribution >= 4 is 71.4 Å². The van der Waals surface area contributed by atoms with Gasteiger partial charge in [-0.1, -0.05) is 121 Å². The van der Waals surface area contributed by atoms with E-state index in [2.05, 4.69) is 163 Å². The summed E-state index contributed by atoms with van der Waals surface area (Å²) in [6.07, 6.45) is 0. The van der Waals surface area contributed by atoms with E-state index in [1.54, 1.807) is 0 Å². The predicted octanol–water partition coefficient (Wildman–Crippen LogP) is 12.6. The summed E-state index contributed by atoms with van der Waals surface area (Å²) in [5.74, 6) is 0.659. The highest BCUT2D eigenvalue weighted by atomic mass is 16.3. The molecule has 0 unspecified atom stereocenters. The molecule has 4 nitrogen and oxygen atoms in total. The third-order valence-corrected chi connectivity index (χ3v) is 9.60. The molecule has 0 aliphatic carbocycles. The van der Waals surface area contributed by atoms with Gasteiger partial charge in [0.25, 0.3) is 0 Å². The molecule has 0 bridgehead atoms. The number of anilines is 3. The van der Waals surface area contributed by atoms with E-state index in [0.717, 1.165) is 77.5 Å².